The number of carbonyl (C=O) groups excluding carboxylic acids is 1. The molecule has 0 aliphatic heterocycles. The lowest BCUT2D eigenvalue weighted by Crippen LogP contribution is -2.46. The van der Waals surface area contributed by atoms with Crippen LogP contribution in [0.3, 0.4) is 0 Å². The number of hydrogen-bond donors (Lipinski definition) is 2. The smallest absolute Gasteiger partial charge is 0.414 e. The Morgan fingerprint density at radius 1 is 1.16 bits per heavy atom. The Morgan fingerprint density at radius 2 is 1.72 bits per heavy atom. The second kappa shape index (κ2) is 11.2. The molecule has 1 saturated carbocycles. The first-order chi connectivity index (χ1) is 11.4. The predicted molar refractivity (Wildman–Crippen MR) is 105 cm³/mol. The van der Waals surface area contributed by atoms with E-state index in [4.69, 9.17) is 9.31 Å². The zero-order chi connectivity index (χ0) is 19.7. The van der Waals surface area contributed by atoms with E-state index >= 15 is 0 Å². The van der Waals surface area contributed by atoms with Crippen molar-refractivity contribution in [3.8, 4) is 0 Å². The van der Waals surface area contributed by atoms with Gasteiger partial charge in [-0.2, -0.15) is 0 Å². The van der Waals surface area contributed by atoms with Gasteiger partial charge in [0, 0.05) is 30.8 Å². The van der Waals surface area contributed by atoms with Crippen LogP contribution in [0.1, 0.15) is 74.1 Å². The van der Waals surface area contributed by atoms with Gasteiger partial charge in [0.1, 0.15) is 0 Å². The summed E-state index contributed by atoms with van der Waals surface area (Å²) in [7, 11) is 1.61. The quantitative estimate of drug-likeness (QED) is 0.737. The summed E-state index contributed by atoms with van der Waals surface area (Å²) in [6.07, 6.45) is 5.06. The molecule has 0 spiro atoms. The minimum Gasteiger partial charge on any atom is -0.414 e. The fraction of sp³-hybridized carbons (Fsp3) is 0.947. The molecule has 0 heterocycles. The molecule has 25 heavy (non-hydrogen) atoms. The topological polar surface area (TPSA) is 67.8 Å². The molecule has 6 heteroatoms. The Kier molecular flexibility index (Phi) is 10.9. The van der Waals surface area contributed by atoms with Crippen molar-refractivity contribution >= 4 is 13.0 Å². The minimum absolute atomic E-state index is 0.0166. The maximum atomic E-state index is 12.0. The van der Waals surface area contributed by atoms with Crippen molar-refractivity contribution in [2.45, 2.75) is 91.6 Å². The second-order valence-electron chi connectivity index (χ2n) is 8.88. The van der Waals surface area contributed by atoms with Gasteiger partial charge in [-0.25, -0.2) is 0 Å². The highest BCUT2D eigenvalue weighted by Crippen LogP contribution is 2.30. The molecular formula is C19H40BNO4. The van der Waals surface area contributed by atoms with Gasteiger partial charge in [0.25, 0.3) is 0 Å². The summed E-state index contributed by atoms with van der Waals surface area (Å²) in [5.74, 6) is 0.297. The maximum absolute atomic E-state index is 12.0. The third-order valence-corrected chi connectivity index (χ3v) is 4.06. The van der Waals surface area contributed by atoms with Crippen LogP contribution in [0.2, 0.25) is 6.32 Å². The SMILES string of the molecule is CC(C)(C)NC(=O)C1CCCCC1CO.CCB(OC)OC(C)(C)C. The fourth-order valence-electron chi connectivity index (χ4n) is 2.93. The van der Waals surface area contributed by atoms with E-state index in [-0.39, 0.29) is 42.6 Å². The van der Waals surface area contributed by atoms with Crippen molar-refractivity contribution < 1.29 is 19.2 Å². The molecule has 5 nitrogen and oxygen atoms in total. The first kappa shape index (κ1) is 24.4. The third-order valence-electron chi connectivity index (χ3n) is 4.06. The Hall–Kier alpha value is -0.585. The molecule has 0 aromatic carbocycles. The van der Waals surface area contributed by atoms with Crippen molar-refractivity contribution in [1.29, 1.82) is 0 Å². The Labute approximate surface area is 155 Å². The molecule has 1 amide bonds. The summed E-state index contributed by atoms with van der Waals surface area (Å²) >= 11 is 0. The highest BCUT2D eigenvalue weighted by molar-refractivity contribution is 6.44. The lowest BCUT2D eigenvalue weighted by Gasteiger charge is -2.32. The van der Waals surface area contributed by atoms with Crippen LogP contribution in [-0.4, -0.2) is 43.0 Å². The molecule has 2 atom stereocenters. The van der Waals surface area contributed by atoms with E-state index in [1.165, 1.54) is 0 Å². The zero-order valence-electron chi connectivity index (χ0n) is 17.6. The Bertz CT molecular complexity index is 373. The summed E-state index contributed by atoms with van der Waals surface area (Å²) in [6, 6.07) is 0. The van der Waals surface area contributed by atoms with Gasteiger partial charge >= 0.3 is 7.12 Å². The van der Waals surface area contributed by atoms with Crippen molar-refractivity contribution in [1.82, 2.24) is 5.32 Å². The molecular weight excluding hydrogens is 317 g/mol. The van der Waals surface area contributed by atoms with Gasteiger partial charge in [0.2, 0.25) is 5.91 Å². The number of carbonyl (C=O) groups is 1. The average Bonchev–Trinajstić information content (AvgIpc) is 2.50. The van der Waals surface area contributed by atoms with Crippen molar-refractivity contribution in [3.05, 3.63) is 0 Å². The van der Waals surface area contributed by atoms with Crippen molar-refractivity contribution in [2.24, 2.45) is 11.8 Å². The van der Waals surface area contributed by atoms with Crippen molar-refractivity contribution in [3.63, 3.8) is 0 Å². The van der Waals surface area contributed by atoms with E-state index in [0.29, 0.717) is 0 Å². The van der Waals surface area contributed by atoms with E-state index in [1.54, 1.807) is 7.11 Å². The van der Waals surface area contributed by atoms with E-state index in [2.05, 4.69) is 5.32 Å². The highest BCUT2D eigenvalue weighted by atomic mass is 16.6. The monoisotopic (exact) mass is 357 g/mol. The van der Waals surface area contributed by atoms with Gasteiger partial charge in [0.05, 0.1) is 0 Å². The summed E-state index contributed by atoms with van der Waals surface area (Å²) in [5, 5.41) is 12.2. The number of amides is 1. The molecule has 148 valence electrons. The lowest BCUT2D eigenvalue weighted by atomic mass is 9.79. The van der Waals surface area contributed by atoms with Gasteiger partial charge in [-0.1, -0.05) is 19.8 Å². The van der Waals surface area contributed by atoms with Gasteiger partial charge < -0.3 is 19.7 Å². The highest BCUT2D eigenvalue weighted by Gasteiger charge is 2.31. The van der Waals surface area contributed by atoms with Crippen LogP contribution < -0.4 is 5.32 Å². The number of aliphatic hydroxyl groups excluding tert-OH is 1. The number of rotatable bonds is 5. The van der Waals surface area contributed by atoms with E-state index in [9.17, 15) is 9.90 Å². The van der Waals surface area contributed by atoms with Crippen LogP contribution in [0.4, 0.5) is 0 Å². The lowest BCUT2D eigenvalue weighted by molar-refractivity contribution is -0.130. The molecule has 0 aromatic rings. The Morgan fingerprint density at radius 3 is 2.08 bits per heavy atom. The fourth-order valence-corrected chi connectivity index (χ4v) is 2.93. The third kappa shape index (κ3) is 11.6. The van der Waals surface area contributed by atoms with Crippen LogP contribution in [0, 0.1) is 11.8 Å². The number of nitrogens with one attached hydrogen (secondary N) is 1. The van der Waals surface area contributed by atoms with Gasteiger partial charge in [-0.15, -0.1) is 0 Å². The first-order valence-corrected chi connectivity index (χ1v) is 9.57. The largest absolute Gasteiger partial charge is 0.456 e. The van der Waals surface area contributed by atoms with Gasteiger partial charge in [-0.05, 0) is 66.6 Å². The minimum atomic E-state index is -0.172. The first-order valence-electron chi connectivity index (χ1n) is 9.57. The molecule has 0 saturated heterocycles. The zero-order valence-corrected chi connectivity index (χ0v) is 17.6. The van der Waals surface area contributed by atoms with Crippen LogP contribution in [0.5, 0.6) is 0 Å². The maximum Gasteiger partial charge on any atom is 0.456 e. The molecule has 2 unspecified atom stereocenters. The summed E-state index contributed by atoms with van der Waals surface area (Å²) < 4.78 is 10.6. The number of aliphatic hydroxyl groups is 1. The van der Waals surface area contributed by atoms with E-state index in [1.807, 2.05) is 48.5 Å². The van der Waals surface area contributed by atoms with E-state index < -0.39 is 0 Å². The van der Waals surface area contributed by atoms with Gasteiger partial charge in [0.15, 0.2) is 0 Å². The van der Waals surface area contributed by atoms with Crippen LogP contribution in [0.25, 0.3) is 0 Å². The predicted octanol–water partition coefficient (Wildman–Crippen LogP) is 3.66. The average molecular weight is 357 g/mol. The van der Waals surface area contributed by atoms with Crippen LogP contribution >= 0.6 is 0 Å². The molecule has 1 rings (SSSR count). The summed E-state index contributed by atoms with van der Waals surface area (Å²) in [4.78, 5) is 12.0. The van der Waals surface area contributed by atoms with Crippen LogP contribution in [-0.2, 0) is 14.1 Å². The Balaban J connectivity index is 0.000000504. The molecule has 2 N–H and O–H groups in total. The molecule has 0 radical (unpaired) electrons. The molecule has 0 aromatic heterocycles. The number of hydrogen-bond acceptors (Lipinski definition) is 4. The standard InChI is InChI=1S/C12H23NO2.C7H17BO2/c1-12(2,3)13-11(15)10-7-5-4-6-9(10)8-14;1-6-8(9-5)10-7(2,3)4/h9-10,14H,4-8H2,1-3H3,(H,13,15);6H2,1-5H3. The second-order valence-corrected chi connectivity index (χ2v) is 8.88. The summed E-state index contributed by atoms with van der Waals surface area (Å²) in [6.45, 7) is 14.2. The normalized spacial score (nSPS) is 21.2. The van der Waals surface area contributed by atoms with Gasteiger partial charge in [-0.3, -0.25) is 4.79 Å². The van der Waals surface area contributed by atoms with Crippen molar-refractivity contribution in [2.75, 3.05) is 13.7 Å². The molecule has 1 fully saturated rings. The van der Waals surface area contributed by atoms with E-state index in [0.717, 1.165) is 32.0 Å². The molecule has 0 bridgehead atoms. The molecule has 1 aliphatic carbocycles. The summed E-state index contributed by atoms with van der Waals surface area (Å²) in [5.41, 5.74) is -0.273. The van der Waals surface area contributed by atoms with Crippen LogP contribution in [0.15, 0.2) is 0 Å². The molecule has 1 aliphatic rings.